The number of amides is 1. The molecule has 2 rings (SSSR count). The van der Waals surface area contributed by atoms with E-state index in [2.05, 4.69) is 0 Å². The highest BCUT2D eigenvalue weighted by Crippen LogP contribution is 2.33. The number of carboxylic acid groups (broad SMARTS) is 1. The molecule has 0 aromatic rings. The fraction of sp³-hybridized carbons (Fsp3) is 0.867. The van der Waals surface area contributed by atoms with E-state index in [4.69, 9.17) is 5.11 Å². The molecular weight excluding hydrogens is 242 g/mol. The molecule has 4 heteroatoms. The van der Waals surface area contributed by atoms with E-state index in [0.29, 0.717) is 18.8 Å². The molecule has 4 nitrogen and oxygen atoms in total. The van der Waals surface area contributed by atoms with Crippen molar-refractivity contribution in [3.63, 3.8) is 0 Å². The Hall–Kier alpha value is -1.06. The molecule has 1 N–H and O–H groups in total. The van der Waals surface area contributed by atoms with Gasteiger partial charge in [0.15, 0.2) is 0 Å². The Balaban J connectivity index is 1.80. The first kappa shape index (κ1) is 14.4. The van der Waals surface area contributed by atoms with Crippen molar-refractivity contribution in [1.82, 2.24) is 4.90 Å². The molecule has 108 valence electrons. The van der Waals surface area contributed by atoms with Crippen LogP contribution < -0.4 is 0 Å². The molecule has 1 amide bonds. The lowest BCUT2D eigenvalue weighted by Crippen LogP contribution is -2.36. The normalized spacial score (nSPS) is 28.3. The number of carbonyl (C=O) groups excluding carboxylic acids is 1. The van der Waals surface area contributed by atoms with Gasteiger partial charge in [0.1, 0.15) is 0 Å². The van der Waals surface area contributed by atoms with Crippen LogP contribution in [0.3, 0.4) is 0 Å². The summed E-state index contributed by atoms with van der Waals surface area (Å²) in [4.78, 5) is 25.1. The van der Waals surface area contributed by atoms with Gasteiger partial charge in [-0.3, -0.25) is 9.59 Å². The average molecular weight is 267 g/mol. The third-order valence-electron chi connectivity index (χ3n) is 4.76. The number of nitrogens with zero attached hydrogens (tertiary/aromatic N) is 1. The molecule has 0 heterocycles. The zero-order valence-electron chi connectivity index (χ0n) is 11.8. The molecule has 19 heavy (non-hydrogen) atoms. The number of carbonyl (C=O) groups is 2. The van der Waals surface area contributed by atoms with Crippen LogP contribution in [0.2, 0.25) is 0 Å². The highest BCUT2D eigenvalue weighted by molar-refractivity contribution is 5.80. The Morgan fingerprint density at radius 1 is 1.05 bits per heavy atom. The minimum atomic E-state index is -0.745. The van der Waals surface area contributed by atoms with E-state index < -0.39 is 5.97 Å². The molecule has 0 aliphatic heterocycles. The quantitative estimate of drug-likeness (QED) is 0.851. The van der Waals surface area contributed by atoms with Gasteiger partial charge in [0, 0.05) is 19.5 Å². The summed E-state index contributed by atoms with van der Waals surface area (Å²) in [6.45, 7) is 0.854. The molecule has 2 aliphatic carbocycles. The molecule has 0 unspecified atom stereocenters. The van der Waals surface area contributed by atoms with E-state index in [1.54, 1.807) is 0 Å². The third kappa shape index (κ3) is 3.71. The maximum atomic E-state index is 12.3. The largest absolute Gasteiger partial charge is 0.481 e. The van der Waals surface area contributed by atoms with Crippen molar-refractivity contribution in [3.05, 3.63) is 0 Å². The molecule has 2 aliphatic rings. The minimum Gasteiger partial charge on any atom is -0.481 e. The number of rotatable bonds is 4. The van der Waals surface area contributed by atoms with Crippen molar-refractivity contribution >= 4 is 11.9 Å². The molecule has 0 saturated heterocycles. The van der Waals surface area contributed by atoms with Crippen LogP contribution in [-0.4, -0.2) is 35.5 Å². The van der Waals surface area contributed by atoms with Gasteiger partial charge >= 0.3 is 5.97 Å². The van der Waals surface area contributed by atoms with Gasteiger partial charge in [-0.05, 0) is 38.0 Å². The Bertz CT molecular complexity index is 336. The summed E-state index contributed by atoms with van der Waals surface area (Å²) >= 11 is 0. The van der Waals surface area contributed by atoms with Crippen LogP contribution in [-0.2, 0) is 9.59 Å². The maximum Gasteiger partial charge on any atom is 0.306 e. The summed E-state index contributed by atoms with van der Waals surface area (Å²) in [5.74, 6) is -0.300. The van der Waals surface area contributed by atoms with Crippen molar-refractivity contribution in [2.24, 2.45) is 17.8 Å². The third-order valence-corrected chi connectivity index (χ3v) is 4.76. The summed E-state index contributed by atoms with van der Waals surface area (Å²) in [6, 6.07) is 0. The first-order chi connectivity index (χ1) is 9.08. The van der Waals surface area contributed by atoms with E-state index >= 15 is 0 Å². The Kier molecular flexibility index (Phi) is 4.83. The topological polar surface area (TPSA) is 57.6 Å². The Morgan fingerprint density at radius 2 is 1.68 bits per heavy atom. The van der Waals surface area contributed by atoms with Gasteiger partial charge in [-0.2, -0.15) is 0 Å². The lowest BCUT2D eigenvalue weighted by molar-refractivity contribution is -0.141. The lowest BCUT2D eigenvalue weighted by atomic mass is 9.89. The van der Waals surface area contributed by atoms with Crippen LogP contribution >= 0.6 is 0 Å². The summed E-state index contributed by atoms with van der Waals surface area (Å²) in [6.07, 6.45) is 8.31. The lowest BCUT2D eigenvalue weighted by Gasteiger charge is -2.28. The Labute approximate surface area is 115 Å². The van der Waals surface area contributed by atoms with Crippen LogP contribution in [0.1, 0.15) is 51.4 Å². The van der Waals surface area contributed by atoms with Crippen molar-refractivity contribution in [2.45, 2.75) is 51.4 Å². The molecule has 0 aromatic heterocycles. The zero-order valence-corrected chi connectivity index (χ0v) is 11.8. The molecule has 2 fully saturated rings. The first-order valence-electron chi connectivity index (χ1n) is 7.55. The SMILES string of the molecule is CN(CC1CCCCC1)C(=O)[C@@H]1CC[C@H](C(=O)O)C1. The van der Waals surface area contributed by atoms with Gasteiger partial charge in [0.05, 0.1) is 5.92 Å². The monoisotopic (exact) mass is 267 g/mol. The fourth-order valence-electron chi connectivity index (χ4n) is 3.59. The molecular formula is C15H25NO3. The van der Waals surface area contributed by atoms with Crippen LogP contribution in [0.4, 0.5) is 0 Å². The molecule has 0 bridgehead atoms. The predicted molar refractivity (Wildman–Crippen MR) is 72.7 cm³/mol. The number of hydrogen-bond acceptors (Lipinski definition) is 2. The maximum absolute atomic E-state index is 12.3. The second-order valence-electron chi connectivity index (χ2n) is 6.27. The van der Waals surface area contributed by atoms with E-state index in [9.17, 15) is 9.59 Å². The summed E-state index contributed by atoms with van der Waals surface area (Å²) in [5, 5.41) is 8.99. The summed E-state index contributed by atoms with van der Waals surface area (Å²) in [7, 11) is 1.88. The highest BCUT2D eigenvalue weighted by Gasteiger charge is 2.35. The van der Waals surface area contributed by atoms with Gasteiger partial charge in [-0.1, -0.05) is 19.3 Å². The van der Waals surface area contributed by atoms with Gasteiger partial charge in [0.2, 0.25) is 5.91 Å². The van der Waals surface area contributed by atoms with Crippen molar-refractivity contribution in [2.75, 3.05) is 13.6 Å². The van der Waals surface area contributed by atoms with Crippen molar-refractivity contribution in [1.29, 1.82) is 0 Å². The fourth-order valence-corrected chi connectivity index (χ4v) is 3.59. The number of carboxylic acids is 1. The predicted octanol–water partition coefficient (Wildman–Crippen LogP) is 2.53. The van der Waals surface area contributed by atoms with Crippen LogP contribution in [0.5, 0.6) is 0 Å². The second-order valence-corrected chi connectivity index (χ2v) is 6.27. The van der Waals surface area contributed by atoms with Gasteiger partial charge in [0.25, 0.3) is 0 Å². The van der Waals surface area contributed by atoms with E-state index in [1.165, 1.54) is 32.1 Å². The molecule has 0 aromatic carbocycles. The zero-order chi connectivity index (χ0) is 13.8. The van der Waals surface area contributed by atoms with Crippen molar-refractivity contribution < 1.29 is 14.7 Å². The standard InChI is InChI=1S/C15H25NO3/c1-16(10-11-5-3-2-4-6-11)14(17)12-7-8-13(9-12)15(18)19/h11-13H,2-10H2,1H3,(H,18,19)/t12-,13+/m1/s1. The molecule has 0 radical (unpaired) electrons. The highest BCUT2D eigenvalue weighted by atomic mass is 16.4. The first-order valence-corrected chi connectivity index (χ1v) is 7.55. The number of hydrogen-bond donors (Lipinski definition) is 1. The van der Waals surface area contributed by atoms with Gasteiger partial charge in [-0.25, -0.2) is 0 Å². The minimum absolute atomic E-state index is 0.0605. The van der Waals surface area contributed by atoms with E-state index in [0.717, 1.165) is 13.0 Å². The smallest absolute Gasteiger partial charge is 0.306 e. The molecule has 2 atom stereocenters. The molecule has 2 saturated carbocycles. The second kappa shape index (κ2) is 6.40. The molecule has 0 spiro atoms. The van der Waals surface area contributed by atoms with E-state index in [1.807, 2.05) is 11.9 Å². The van der Waals surface area contributed by atoms with Crippen LogP contribution in [0.25, 0.3) is 0 Å². The summed E-state index contributed by atoms with van der Waals surface area (Å²) < 4.78 is 0. The van der Waals surface area contributed by atoms with Gasteiger partial charge in [-0.15, -0.1) is 0 Å². The average Bonchev–Trinajstić information content (AvgIpc) is 2.88. The Morgan fingerprint density at radius 3 is 2.26 bits per heavy atom. The number of aliphatic carboxylic acids is 1. The van der Waals surface area contributed by atoms with Crippen molar-refractivity contribution in [3.8, 4) is 0 Å². The van der Waals surface area contributed by atoms with Gasteiger partial charge < -0.3 is 10.0 Å². The van der Waals surface area contributed by atoms with Crippen LogP contribution in [0.15, 0.2) is 0 Å². The van der Waals surface area contributed by atoms with E-state index in [-0.39, 0.29) is 17.7 Å². The summed E-state index contributed by atoms with van der Waals surface area (Å²) in [5.41, 5.74) is 0. The van der Waals surface area contributed by atoms with Crippen LogP contribution in [0, 0.1) is 17.8 Å².